The number of hydrogen-bond acceptors (Lipinski definition) is 1. The van der Waals surface area contributed by atoms with Gasteiger partial charge in [-0.3, -0.25) is 0 Å². The van der Waals surface area contributed by atoms with Gasteiger partial charge in [-0.25, -0.2) is 0 Å². The standard InChI is InChI=1S/C9H8Cl4O/c1-5-3-2-4-6(7(5)10)8(14)9(11,12)13/h2-4,8,14H,1H3. The summed E-state index contributed by atoms with van der Waals surface area (Å²) in [4.78, 5) is 0. The monoisotopic (exact) mass is 272 g/mol. The van der Waals surface area contributed by atoms with Gasteiger partial charge in [0, 0.05) is 10.6 Å². The minimum absolute atomic E-state index is 0.423. The summed E-state index contributed by atoms with van der Waals surface area (Å²) in [6.45, 7) is 1.82. The molecule has 78 valence electrons. The van der Waals surface area contributed by atoms with E-state index in [4.69, 9.17) is 46.4 Å². The van der Waals surface area contributed by atoms with Crippen LogP contribution in [-0.4, -0.2) is 8.90 Å². The molecule has 1 aromatic rings. The molecular weight excluding hydrogens is 266 g/mol. The van der Waals surface area contributed by atoms with Crippen LogP contribution in [0.25, 0.3) is 0 Å². The van der Waals surface area contributed by atoms with Crippen LogP contribution in [0.5, 0.6) is 0 Å². The third kappa shape index (κ3) is 2.68. The largest absolute Gasteiger partial charge is 0.384 e. The number of benzene rings is 1. The maximum absolute atomic E-state index is 9.68. The van der Waals surface area contributed by atoms with Crippen molar-refractivity contribution in [2.45, 2.75) is 16.8 Å². The van der Waals surface area contributed by atoms with Gasteiger partial charge in [0.15, 0.2) is 0 Å². The molecule has 1 aromatic carbocycles. The molecule has 1 atom stereocenters. The molecule has 5 heteroatoms. The average molecular weight is 274 g/mol. The molecule has 14 heavy (non-hydrogen) atoms. The lowest BCUT2D eigenvalue weighted by molar-refractivity contribution is 0.182. The van der Waals surface area contributed by atoms with Crippen molar-refractivity contribution in [1.29, 1.82) is 0 Å². The van der Waals surface area contributed by atoms with Gasteiger partial charge in [0.1, 0.15) is 6.10 Å². The molecule has 1 rings (SSSR count). The van der Waals surface area contributed by atoms with Crippen LogP contribution in [0.4, 0.5) is 0 Å². The summed E-state index contributed by atoms with van der Waals surface area (Å²) >= 11 is 22.7. The Morgan fingerprint density at radius 3 is 2.36 bits per heavy atom. The fraction of sp³-hybridized carbons (Fsp3) is 0.333. The number of aliphatic hydroxyl groups is 1. The van der Waals surface area contributed by atoms with Crippen LogP contribution in [0.3, 0.4) is 0 Å². The fourth-order valence-corrected chi connectivity index (χ4v) is 1.64. The van der Waals surface area contributed by atoms with E-state index in [-0.39, 0.29) is 0 Å². The quantitative estimate of drug-likeness (QED) is 0.766. The second-order valence-corrected chi connectivity index (χ2v) is 5.67. The lowest BCUT2D eigenvalue weighted by atomic mass is 10.1. The summed E-state index contributed by atoms with van der Waals surface area (Å²) in [6.07, 6.45) is -1.22. The number of hydrogen-bond donors (Lipinski definition) is 1. The minimum atomic E-state index is -1.77. The molecule has 0 aliphatic carbocycles. The van der Waals surface area contributed by atoms with Crippen molar-refractivity contribution in [2.24, 2.45) is 0 Å². The van der Waals surface area contributed by atoms with E-state index in [1.807, 2.05) is 13.0 Å². The number of alkyl halides is 3. The molecule has 1 N–H and O–H groups in total. The Kier molecular flexibility index (Phi) is 3.95. The third-order valence-corrected chi connectivity index (χ3v) is 2.96. The second-order valence-electron chi connectivity index (χ2n) is 2.92. The second kappa shape index (κ2) is 4.46. The topological polar surface area (TPSA) is 20.2 Å². The zero-order valence-electron chi connectivity index (χ0n) is 7.27. The smallest absolute Gasteiger partial charge is 0.220 e. The van der Waals surface area contributed by atoms with Crippen LogP contribution < -0.4 is 0 Å². The van der Waals surface area contributed by atoms with E-state index < -0.39 is 9.90 Å². The molecule has 0 fully saturated rings. The first-order chi connectivity index (χ1) is 6.34. The van der Waals surface area contributed by atoms with Crippen LogP contribution in [-0.2, 0) is 0 Å². The highest BCUT2D eigenvalue weighted by Crippen LogP contribution is 2.42. The Bertz CT molecular complexity index is 332. The van der Waals surface area contributed by atoms with E-state index in [2.05, 4.69) is 0 Å². The van der Waals surface area contributed by atoms with Crippen molar-refractivity contribution in [3.05, 3.63) is 34.3 Å². The fourth-order valence-electron chi connectivity index (χ4n) is 1.06. The van der Waals surface area contributed by atoms with Gasteiger partial charge in [-0.15, -0.1) is 0 Å². The molecule has 0 aromatic heterocycles. The highest BCUT2D eigenvalue weighted by Gasteiger charge is 2.33. The van der Waals surface area contributed by atoms with Crippen molar-refractivity contribution in [3.63, 3.8) is 0 Å². The first kappa shape index (κ1) is 12.4. The van der Waals surface area contributed by atoms with E-state index in [0.29, 0.717) is 10.6 Å². The number of rotatable bonds is 1. The van der Waals surface area contributed by atoms with Crippen LogP contribution in [0.2, 0.25) is 5.02 Å². The van der Waals surface area contributed by atoms with Crippen molar-refractivity contribution >= 4 is 46.4 Å². The minimum Gasteiger partial charge on any atom is -0.384 e. The summed E-state index contributed by atoms with van der Waals surface area (Å²) in [5.41, 5.74) is 1.25. The normalized spacial score (nSPS) is 14.1. The summed E-state index contributed by atoms with van der Waals surface area (Å²) in [5.74, 6) is 0. The Labute approximate surface area is 103 Å². The van der Waals surface area contributed by atoms with Gasteiger partial charge in [-0.1, -0.05) is 64.6 Å². The molecular formula is C9H8Cl4O. The summed E-state index contributed by atoms with van der Waals surface area (Å²) in [7, 11) is 0. The molecule has 0 saturated carbocycles. The maximum atomic E-state index is 9.68. The predicted molar refractivity (Wildman–Crippen MR) is 61.4 cm³/mol. The van der Waals surface area contributed by atoms with E-state index in [9.17, 15) is 5.11 Å². The third-order valence-electron chi connectivity index (χ3n) is 1.83. The summed E-state index contributed by atoms with van der Waals surface area (Å²) < 4.78 is -1.77. The van der Waals surface area contributed by atoms with Gasteiger partial charge < -0.3 is 5.11 Å². The number of halogens is 4. The van der Waals surface area contributed by atoms with E-state index in [0.717, 1.165) is 5.56 Å². The van der Waals surface area contributed by atoms with E-state index in [1.54, 1.807) is 12.1 Å². The van der Waals surface area contributed by atoms with Gasteiger partial charge in [-0.2, -0.15) is 0 Å². The van der Waals surface area contributed by atoms with Gasteiger partial charge in [0.05, 0.1) is 0 Å². The first-order valence-corrected chi connectivity index (χ1v) is 5.35. The SMILES string of the molecule is Cc1cccc(C(O)C(Cl)(Cl)Cl)c1Cl. The summed E-state index contributed by atoms with van der Waals surface area (Å²) in [5, 5.41) is 10.1. The Morgan fingerprint density at radius 1 is 1.29 bits per heavy atom. The average Bonchev–Trinajstić information content (AvgIpc) is 2.07. The molecule has 0 bridgehead atoms. The molecule has 0 aliphatic heterocycles. The highest BCUT2D eigenvalue weighted by molar-refractivity contribution is 6.68. The lowest BCUT2D eigenvalue weighted by Crippen LogP contribution is -2.16. The molecule has 0 amide bonds. The molecule has 1 nitrogen and oxygen atoms in total. The van der Waals surface area contributed by atoms with Gasteiger partial charge in [0.25, 0.3) is 0 Å². The maximum Gasteiger partial charge on any atom is 0.220 e. The lowest BCUT2D eigenvalue weighted by Gasteiger charge is -2.20. The van der Waals surface area contributed by atoms with Crippen LogP contribution in [0.15, 0.2) is 18.2 Å². The Hall–Kier alpha value is 0.340. The molecule has 0 aliphatic rings. The molecule has 0 spiro atoms. The number of aliphatic hydroxyl groups excluding tert-OH is 1. The van der Waals surface area contributed by atoms with Crippen LogP contribution in [0.1, 0.15) is 17.2 Å². The molecule has 0 saturated heterocycles. The van der Waals surface area contributed by atoms with Gasteiger partial charge in [0.2, 0.25) is 3.79 Å². The Balaban J connectivity index is 3.14. The molecule has 0 heterocycles. The van der Waals surface area contributed by atoms with E-state index >= 15 is 0 Å². The van der Waals surface area contributed by atoms with Crippen molar-refractivity contribution in [1.82, 2.24) is 0 Å². The van der Waals surface area contributed by atoms with Crippen LogP contribution >= 0.6 is 46.4 Å². The van der Waals surface area contributed by atoms with E-state index in [1.165, 1.54) is 0 Å². The first-order valence-electron chi connectivity index (χ1n) is 3.84. The van der Waals surface area contributed by atoms with Crippen molar-refractivity contribution in [3.8, 4) is 0 Å². The number of aryl methyl sites for hydroxylation is 1. The predicted octanol–water partition coefficient (Wildman–Crippen LogP) is 4.05. The summed E-state index contributed by atoms with van der Waals surface area (Å²) in [6, 6.07) is 5.19. The zero-order chi connectivity index (χ0) is 10.9. The molecule has 0 radical (unpaired) electrons. The van der Waals surface area contributed by atoms with Crippen LogP contribution in [0, 0.1) is 6.92 Å². The zero-order valence-corrected chi connectivity index (χ0v) is 10.3. The highest BCUT2D eigenvalue weighted by atomic mass is 35.6. The van der Waals surface area contributed by atoms with Crippen molar-refractivity contribution < 1.29 is 5.11 Å². The molecule has 1 unspecified atom stereocenters. The van der Waals surface area contributed by atoms with Crippen molar-refractivity contribution in [2.75, 3.05) is 0 Å². The van der Waals surface area contributed by atoms with Gasteiger partial charge in [-0.05, 0) is 12.5 Å². The Morgan fingerprint density at radius 2 is 1.86 bits per heavy atom. The van der Waals surface area contributed by atoms with Gasteiger partial charge >= 0.3 is 0 Å².